The molecule has 0 aliphatic rings. The summed E-state index contributed by atoms with van der Waals surface area (Å²) in [6.45, 7) is 0.638. The SMILES string of the molecule is BrCCOc1ccccc1-n1cnnc1. The fourth-order valence-electron chi connectivity index (χ4n) is 1.27. The molecule has 2 aromatic rings. The third-order valence-corrected chi connectivity index (χ3v) is 2.22. The van der Waals surface area contributed by atoms with Crippen molar-refractivity contribution in [2.75, 3.05) is 11.9 Å². The van der Waals surface area contributed by atoms with E-state index in [-0.39, 0.29) is 0 Å². The van der Waals surface area contributed by atoms with Crippen LogP contribution in [0.2, 0.25) is 0 Å². The first kappa shape index (κ1) is 10.2. The second kappa shape index (κ2) is 4.93. The first-order valence-corrected chi connectivity index (χ1v) is 5.67. The van der Waals surface area contributed by atoms with E-state index in [0.717, 1.165) is 16.8 Å². The number of hydrogen-bond donors (Lipinski definition) is 0. The maximum Gasteiger partial charge on any atom is 0.143 e. The molecule has 0 N–H and O–H groups in total. The Balaban J connectivity index is 2.30. The van der Waals surface area contributed by atoms with Gasteiger partial charge >= 0.3 is 0 Å². The second-order valence-electron chi connectivity index (χ2n) is 2.87. The van der Waals surface area contributed by atoms with Crippen molar-refractivity contribution in [2.24, 2.45) is 0 Å². The van der Waals surface area contributed by atoms with Crippen LogP contribution < -0.4 is 4.74 Å². The lowest BCUT2D eigenvalue weighted by Crippen LogP contribution is -2.01. The molecule has 0 bridgehead atoms. The maximum absolute atomic E-state index is 5.59. The molecule has 5 heteroatoms. The van der Waals surface area contributed by atoms with Gasteiger partial charge in [0.2, 0.25) is 0 Å². The van der Waals surface area contributed by atoms with E-state index in [4.69, 9.17) is 4.74 Å². The first-order valence-electron chi connectivity index (χ1n) is 4.54. The van der Waals surface area contributed by atoms with Crippen LogP contribution in [0.15, 0.2) is 36.9 Å². The molecule has 0 atom stereocenters. The molecule has 4 nitrogen and oxygen atoms in total. The summed E-state index contributed by atoms with van der Waals surface area (Å²) in [6, 6.07) is 7.79. The molecule has 1 aromatic carbocycles. The van der Waals surface area contributed by atoms with E-state index in [1.54, 1.807) is 12.7 Å². The summed E-state index contributed by atoms with van der Waals surface area (Å²) < 4.78 is 7.41. The van der Waals surface area contributed by atoms with E-state index < -0.39 is 0 Å². The van der Waals surface area contributed by atoms with E-state index >= 15 is 0 Å². The van der Waals surface area contributed by atoms with Gasteiger partial charge in [-0.1, -0.05) is 28.1 Å². The molecule has 0 saturated heterocycles. The summed E-state index contributed by atoms with van der Waals surface area (Å²) in [5.41, 5.74) is 0.948. The monoisotopic (exact) mass is 267 g/mol. The van der Waals surface area contributed by atoms with E-state index in [1.807, 2.05) is 28.8 Å². The summed E-state index contributed by atoms with van der Waals surface area (Å²) in [5, 5.41) is 8.35. The van der Waals surface area contributed by atoms with Gasteiger partial charge < -0.3 is 4.74 Å². The molecule has 1 heterocycles. The van der Waals surface area contributed by atoms with Crippen LogP contribution >= 0.6 is 15.9 Å². The molecule has 1 aromatic heterocycles. The Morgan fingerprint density at radius 3 is 2.67 bits per heavy atom. The number of alkyl halides is 1. The molecular weight excluding hydrogens is 258 g/mol. The zero-order chi connectivity index (χ0) is 10.5. The van der Waals surface area contributed by atoms with Gasteiger partial charge in [0.05, 0.1) is 12.3 Å². The molecule has 0 spiro atoms. The Morgan fingerprint density at radius 2 is 1.93 bits per heavy atom. The lowest BCUT2D eigenvalue weighted by atomic mass is 10.3. The van der Waals surface area contributed by atoms with Gasteiger partial charge in [-0.05, 0) is 12.1 Å². The van der Waals surface area contributed by atoms with E-state index in [2.05, 4.69) is 26.1 Å². The van der Waals surface area contributed by atoms with Crippen LogP contribution in [-0.2, 0) is 0 Å². The van der Waals surface area contributed by atoms with Crippen molar-refractivity contribution in [3.8, 4) is 11.4 Å². The first-order chi connectivity index (χ1) is 7.42. The predicted molar refractivity (Wildman–Crippen MR) is 60.6 cm³/mol. The lowest BCUT2D eigenvalue weighted by molar-refractivity contribution is 0.344. The molecule has 0 unspecified atom stereocenters. The highest BCUT2D eigenvalue weighted by Crippen LogP contribution is 2.21. The normalized spacial score (nSPS) is 10.2. The summed E-state index contributed by atoms with van der Waals surface area (Å²) >= 11 is 3.32. The Hall–Kier alpha value is -1.36. The molecule has 15 heavy (non-hydrogen) atoms. The van der Waals surface area contributed by atoms with E-state index in [1.165, 1.54) is 0 Å². The Labute approximate surface area is 96.0 Å². The molecule has 0 amide bonds. The Kier molecular flexibility index (Phi) is 3.34. The fourth-order valence-corrected chi connectivity index (χ4v) is 1.43. The van der Waals surface area contributed by atoms with E-state index in [0.29, 0.717) is 6.61 Å². The van der Waals surface area contributed by atoms with Crippen LogP contribution in [0.4, 0.5) is 0 Å². The van der Waals surface area contributed by atoms with Gasteiger partial charge in [-0.25, -0.2) is 0 Å². The highest BCUT2D eigenvalue weighted by atomic mass is 79.9. The number of aromatic nitrogens is 3. The van der Waals surface area contributed by atoms with Gasteiger partial charge in [0.15, 0.2) is 0 Å². The average Bonchev–Trinajstić information content (AvgIpc) is 2.80. The number of halogens is 1. The molecule has 0 fully saturated rings. The van der Waals surface area contributed by atoms with Gasteiger partial charge in [0.25, 0.3) is 0 Å². The highest BCUT2D eigenvalue weighted by molar-refractivity contribution is 9.09. The molecule has 0 saturated carbocycles. The number of rotatable bonds is 4. The topological polar surface area (TPSA) is 39.9 Å². The molecule has 78 valence electrons. The van der Waals surface area contributed by atoms with Crippen LogP contribution in [0.3, 0.4) is 0 Å². The van der Waals surface area contributed by atoms with E-state index in [9.17, 15) is 0 Å². The Morgan fingerprint density at radius 1 is 1.20 bits per heavy atom. The summed E-state index contributed by atoms with van der Waals surface area (Å²) in [5.74, 6) is 0.830. The molecule has 2 rings (SSSR count). The molecule has 0 radical (unpaired) electrons. The van der Waals surface area contributed by atoms with Crippen molar-refractivity contribution in [1.29, 1.82) is 0 Å². The van der Waals surface area contributed by atoms with Crippen molar-refractivity contribution < 1.29 is 4.74 Å². The van der Waals surface area contributed by atoms with Crippen molar-refractivity contribution >= 4 is 15.9 Å². The summed E-state index contributed by atoms with van der Waals surface area (Å²) in [7, 11) is 0. The minimum atomic E-state index is 0.638. The standard InChI is InChI=1S/C10H10BrN3O/c11-5-6-15-10-4-2-1-3-9(10)14-7-12-13-8-14/h1-4,7-8H,5-6H2. The quantitative estimate of drug-likeness (QED) is 0.797. The average molecular weight is 268 g/mol. The van der Waals surface area contributed by atoms with Gasteiger partial charge in [-0.3, -0.25) is 4.57 Å². The molecule has 0 aliphatic carbocycles. The third kappa shape index (κ3) is 2.36. The van der Waals surface area contributed by atoms with Crippen LogP contribution in [0, 0.1) is 0 Å². The number of ether oxygens (including phenoxy) is 1. The minimum absolute atomic E-state index is 0.638. The van der Waals surface area contributed by atoms with Crippen LogP contribution in [0.5, 0.6) is 5.75 Å². The third-order valence-electron chi connectivity index (χ3n) is 1.90. The number of benzene rings is 1. The van der Waals surface area contributed by atoms with Gasteiger partial charge in [0, 0.05) is 5.33 Å². The minimum Gasteiger partial charge on any atom is -0.491 e. The smallest absolute Gasteiger partial charge is 0.143 e. The van der Waals surface area contributed by atoms with Crippen molar-refractivity contribution in [1.82, 2.24) is 14.8 Å². The van der Waals surface area contributed by atoms with Gasteiger partial charge in [-0.15, -0.1) is 10.2 Å². The molecule has 0 aliphatic heterocycles. The number of para-hydroxylation sites is 2. The Bertz CT molecular complexity index is 416. The largest absolute Gasteiger partial charge is 0.491 e. The molecular formula is C10H10BrN3O. The second-order valence-corrected chi connectivity index (χ2v) is 3.67. The van der Waals surface area contributed by atoms with Crippen LogP contribution in [-0.4, -0.2) is 26.7 Å². The van der Waals surface area contributed by atoms with Crippen LogP contribution in [0.25, 0.3) is 5.69 Å². The number of nitrogens with zero attached hydrogens (tertiary/aromatic N) is 3. The summed E-state index contributed by atoms with van der Waals surface area (Å²) in [4.78, 5) is 0. The van der Waals surface area contributed by atoms with Gasteiger partial charge in [0.1, 0.15) is 18.4 Å². The predicted octanol–water partition coefficient (Wildman–Crippen LogP) is 2.04. The zero-order valence-corrected chi connectivity index (χ0v) is 9.59. The van der Waals surface area contributed by atoms with Crippen molar-refractivity contribution in [2.45, 2.75) is 0 Å². The summed E-state index contributed by atoms with van der Waals surface area (Å²) in [6.07, 6.45) is 3.30. The van der Waals surface area contributed by atoms with Crippen molar-refractivity contribution in [3.63, 3.8) is 0 Å². The maximum atomic E-state index is 5.59. The van der Waals surface area contributed by atoms with Crippen LogP contribution in [0.1, 0.15) is 0 Å². The lowest BCUT2D eigenvalue weighted by Gasteiger charge is -2.09. The zero-order valence-electron chi connectivity index (χ0n) is 8.01. The van der Waals surface area contributed by atoms with Gasteiger partial charge in [-0.2, -0.15) is 0 Å². The fraction of sp³-hybridized carbons (Fsp3) is 0.200. The van der Waals surface area contributed by atoms with Crippen molar-refractivity contribution in [3.05, 3.63) is 36.9 Å². The number of hydrogen-bond acceptors (Lipinski definition) is 3. The highest BCUT2D eigenvalue weighted by Gasteiger charge is 2.04.